The lowest BCUT2D eigenvalue weighted by atomic mass is 10.1. The Labute approximate surface area is 121 Å². The largest absolute Gasteiger partial charge is 0.397 e. The number of hydrogen-bond acceptors (Lipinski definition) is 2. The van der Waals surface area contributed by atoms with Crippen LogP contribution in [-0.2, 0) is 0 Å². The number of benzene rings is 2. The van der Waals surface area contributed by atoms with Gasteiger partial charge in [0, 0.05) is 17.8 Å². The van der Waals surface area contributed by atoms with Gasteiger partial charge in [-0.15, -0.1) is 0 Å². The molecule has 0 aliphatic carbocycles. The van der Waals surface area contributed by atoms with E-state index in [9.17, 15) is 4.39 Å². The highest BCUT2D eigenvalue weighted by Crippen LogP contribution is 2.36. The molecule has 0 atom stereocenters. The highest BCUT2D eigenvalue weighted by atomic mass is 35.5. The van der Waals surface area contributed by atoms with Crippen LogP contribution in [0.4, 0.5) is 21.5 Å². The molecule has 0 fully saturated rings. The predicted octanol–water partition coefficient (Wildman–Crippen LogP) is 4.79. The summed E-state index contributed by atoms with van der Waals surface area (Å²) in [5.41, 5.74) is 8.63. The molecule has 5 heteroatoms. The molecule has 0 aliphatic rings. The van der Waals surface area contributed by atoms with Crippen LogP contribution in [-0.4, -0.2) is 7.05 Å². The maximum atomic E-state index is 13.4. The fourth-order valence-electron chi connectivity index (χ4n) is 1.89. The molecule has 2 aromatic rings. The predicted molar refractivity (Wildman–Crippen MR) is 80.1 cm³/mol. The minimum atomic E-state index is -0.397. The lowest BCUT2D eigenvalue weighted by Crippen LogP contribution is -2.11. The lowest BCUT2D eigenvalue weighted by molar-refractivity contribution is 0.628. The van der Waals surface area contributed by atoms with Crippen molar-refractivity contribution in [2.24, 2.45) is 0 Å². The molecular weight excluding hydrogens is 286 g/mol. The highest BCUT2D eigenvalue weighted by Gasteiger charge is 2.13. The van der Waals surface area contributed by atoms with Gasteiger partial charge in [-0.3, -0.25) is 0 Å². The van der Waals surface area contributed by atoms with Crippen LogP contribution < -0.4 is 10.6 Å². The molecule has 0 saturated carbocycles. The van der Waals surface area contributed by atoms with Gasteiger partial charge in [0.2, 0.25) is 0 Å². The molecule has 0 spiro atoms. The molecule has 0 heterocycles. The van der Waals surface area contributed by atoms with Gasteiger partial charge >= 0.3 is 0 Å². The summed E-state index contributed by atoms with van der Waals surface area (Å²) in [5, 5.41) is 0.770. The van der Waals surface area contributed by atoms with Crippen molar-refractivity contribution in [1.82, 2.24) is 0 Å². The molecule has 0 unspecified atom stereocenters. The zero-order valence-corrected chi connectivity index (χ0v) is 12.1. The van der Waals surface area contributed by atoms with E-state index >= 15 is 0 Å². The molecule has 0 saturated heterocycles. The Morgan fingerprint density at radius 1 is 1.11 bits per heavy atom. The Morgan fingerprint density at radius 3 is 2.42 bits per heavy atom. The van der Waals surface area contributed by atoms with Crippen LogP contribution in [0.15, 0.2) is 30.3 Å². The summed E-state index contributed by atoms with van der Waals surface area (Å²) in [6.07, 6.45) is 0. The average Bonchev–Trinajstić information content (AvgIpc) is 2.31. The van der Waals surface area contributed by atoms with E-state index in [0.717, 1.165) is 5.56 Å². The number of anilines is 3. The summed E-state index contributed by atoms with van der Waals surface area (Å²) >= 11 is 12.1. The number of rotatable bonds is 2. The molecule has 0 aromatic heterocycles. The first kappa shape index (κ1) is 14.0. The molecule has 100 valence electrons. The van der Waals surface area contributed by atoms with Crippen LogP contribution >= 0.6 is 23.2 Å². The van der Waals surface area contributed by atoms with Crippen LogP contribution in [0.1, 0.15) is 5.56 Å². The zero-order valence-electron chi connectivity index (χ0n) is 10.5. The summed E-state index contributed by atoms with van der Waals surface area (Å²) in [4.78, 5) is 1.75. The minimum absolute atomic E-state index is 0.332. The van der Waals surface area contributed by atoms with Gasteiger partial charge in [-0.1, -0.05) is 23.2 Å². The van der Waals surface area contributed by atoms with E-state index in [-0.39, 0.29) is 0 Å². The highest BCUT2D eigenvalue weighted by molar-refractivity contribution is 6.36. The first-order valence-corrected chi connectivity index (χ1v) is 6.39. The van der Waals surface area contributed by atoms with Crippen molar-refractivity contribution in [3.8, 4) is 0 Å². The molecule has 19 heavy (non-hydrogen) atoms. The molecule has 2 nitrogen and oxygen atoms in total. The molecule has 2 N–H and O–H groups in total. The monoisotopic (exact) mass is 298 g/mol. The maximum Gasteiger partial charge on any atom is 0.126 e. The molecule has 0 bridgehead atoms. The van der Waals surface area contributed by atoms with Crippen molar-refractivity contribution in [1.29, 1.82) is 0 Å². The fourth-order valence-corrected chi connectivity index (χ4v) is 2.35. The Kier molecular flexibility index (Phi) is 3.88. The Morgan fingerprint density at radius 2 is 1.79 bits per heavy atom. The first-order valence-electron chi connectivity index (χ1n) is 5.64. The summed E-state index contributed by atoms with van der Waals surface area (Å²) < 4.78 is 13.4. The number of halogens is 3. The molecule has 0 aliphatic heterocycles. The van der Waals surface area contributed by atoms with E-state index in [0.29, 0.717) is 27.1 Å². The van der Waals surface area contributed by atoms with Crippen molar-refractivity contribution >= 4 is 40.3 Å². The van der Waals surface area contributed by atoms with Crippen molar-refractivity contribution < 1.29 is 4.39 Å². The van der Waals surface area contributed by atoms with E-state index in [4.69, 9.17) is 28.9 Å². The van der Waals surface area contributed by atoms with Crippen molar-refractivity contribution in [2.45, 2.75) is 6.92 Å². The Balaban J connectivity index is 2.52. The second-order valence-corrected chi connectivity index (χ2v) is 5.19. The van der Waals surface area contributed by atoms with Gasteiger partial charge in [0.05, 0.1) is 16.4 Å². The molecule has 2 aromatic carbocycles. The second kappa shape index (κ2) is 5.27. The van der Waals surface area contributed by atoms with Gasteiger partial charge in [-0.05, 0) is 42.8 Å². The van der Waals surface area contributed by atoms with Gasteiger partial charge < -0.3 is 10.6 Å². The number of nitrogens with two attached hydrogens (primary N) is 1. The van der Waals surface area contributed by atoms with Crippen LogP contribution in [0.25, 0.3) is 0 Å². The number of nitrogens with zero attached hydrogens (tertiary/aromatic N) is 1. The fraction of sp³-hybridized carbons (Fsp3) is 0.143. The lowest BCUT2D eigenvalue weighted by Gasteiger charge is -2.22. The Hall–Kier alpha value is -1.45. The van der Waals surface area contributed by atoms with Gasteiger partial charge in [0.25, 0.3) is 0 Å². The molecular formula is C14H13Cl2FN2. The maximum absolute atomic E-state index is 13.4. The molecule has 0 radical (unpaired) electrons. The van der Waals surface area contributed by atoms with Crippen LogP contribution in [0.3, 0.4) is 0 Å². The van der Waals surface area contributed by atoms with E-state index < -0.39 is 5.82 Å². The normalized spacial score (nSPS) is 10.6. The zero-order chi connectivity index (χ0) is 14.2. The summed E-state index contributed by atoms with van der Waals surface area (Å²) in [7, 11) is 1.78. The molecule has 0 amide bonds. The van der Waals surface area contributed by atoms with Gasteiger partial charge in [0.1, 0.15) is 5.82 Å². The summed E-state index contributed by atoms with van der Waals surface area (Å²) in [6, 6.07) is 7.99. The van der Waals surface area contributed by atoms with Crippen LogP contribution in [0, 0.1) is 12.7 Å². The van der Waals surface area contributed by atoms with Gasteiger partial charge in [-0.25, -0.2) is 4.39 Å². The van der Waals surface area contributed by atoms with Gasteiger partial charge in [0.15, 0.2) is 0 Å². The number of hydrogen-bond donors (Lipinski definition) is 1. The topological polar surface area (TPSA) is 29.3 Å². The van der Waals surface area contributed by atoms with E-state index in [1.807, 2.05) is 13.0 Å². The average molecular weight is 299 g/mol. The van der Waals surface area contributed by atoms with Crippen molar-refractivity contribution in [3.63, 3.8) is 0 Å². The third-order valence-corrected chi connectivity index (χ3v) is 3.45. The van der Waals surface area contributed by atoms with Gasteiger partial charge in [-0.2, -0.15) is 0 Å². The summed E-state index contributed by atoms with van der Waals surface area (Å²) in [5.74, 6) is -0.397. The smallest absolute Gasteiger partial charge is 0.126 e. The Bertz CT molecular complexity index is 609. The third kappa shape index (κ3) is 2.94. The third-order valence-electron chi connectivity index (χ3n) is 2.82. The van der Waals surface area contributed by atoms with E-state index in [1.54, 1.807) is 24.1 Å². The van der Waals surface area contributed by atoms with Crippen molar-refractivity contribution in [2.75, 3.05) is 17.7 Å². The van der Waals surface area contributed by atoms with Crippen LogP contribution in [0.2, 0.25) is 10.0 Å². The minimum Gasteiger partial charge on any atom is -0.397 e. The van der Waals surface area contributed by atoms with E-state index in [1.165, 1.54) is 12.1 Å². The summed E-state index contributed by atoms with van der Waals surface area (Å²) in [6.45, 7) is 1.92. The van der Waals surface area contributed by atoms with Crippen LogP contribution in [0.5, 0.6) is 0 Å². The first-order chi connectivity index (χ1) is 8.88. The van der Waals surface area contributed by atoms with Crippen molar-refractivity contribution in [3.05, 3.63) is 51.8 Å². The number of nitrogen functional groups attached to an aromatic ring is 1. The standard InChI is InChI=1S/C14H13Cl2FN2/c1-8-3-12(18)14(16)13(4-8)19(2)11-6-9(15)5-10(17)7-11/h3-7H,18H2,1-2H3. The number of aryl methyl sites for hydroxylation is 1. The second-order valence-electron chi connectivity index (χ2n) is 4.37. The quantitative estimate of drug-likeness (QED) is 0.808. The molecule has 2 rings (SSSR count). The SMILES string of the molecule is Cc1cc(N)c(Cl)c(N(C)c2cc(F)cc(Cl)c2)c1. The van der Waals surface area contributed by atoms with E-state index in [2.05, 4.69) is 0 Å².